The summed E-state index contributed by atoms with van der Waals surface area (Å²) in [7, 11) is 0. The van der Waals surface area contributed by atoms with Crippen LogP contribution in [0.25, 0.3) is 0 Å². The van der Waals surface area contributed by atoms with E-state index in [1.54, 1.807) is 0 Å². The molecule has 1 aliphatic heterocycles. The van der Waals surface area contributed by atoms with Crippen LogP contribution in [0.5, 0.6) is 0 Å². The minimum atomic E-state index is 0.404. The molecule has 1 heterocycles. The van der Waals surface area contributed by atoms with Gasteiger partial charge in [-0.2, -0.15) is 5.26 Å². The van der Waals surface area contributed by atoms with E-state index in [-0.39, 0.29) is 0 Å². The highest BCUT2D eigenvalue weighted by Gasteiger charge is 2.38. The van der Waals surface area contributed by atoms with Gasteiger partial charge in [0.15, 0.2) is 0 Å². The third-order valence-corrected chi connectivity index (χ3v) is 5.10. The highest BCUT2D eigenvalue weighted by atomic mass is 15.2. The smallest absolute Gasteiger partial charge is 0.0991 e. The lowest BCUT2D eigenvalue weighted by Crippen LogP contribution is -2.38. The Hall–Kier alpha value is -1.37. The van der Waals surface area contributed by atoms with Crippen molar-refractivity contribution in [3.05, 3.63) is 34.9 Å². The third-order valence-electron chi connectivity index (χ3n) is 5.10. The Balaban J connectivity index is 1.69. The molecule has 1 saturated carbocycles. The number of benzene rings is 1. The van der Waals surface area contributed by atoms with E-state index in [1.165, 1.54) is 36.9 Å². The number of hydrogen-bond donors (Lipinski definition) is 1. The van der Waals surface area contributed by atoms with Crippen molar-refractivity contribution in [3.8, 4) is 6.07 Å². The van der Waals surface area contributed by atoms with Gasteiger partial charge >= 0.3 is 0 Å². The van der Waals surface area contributed by atoms with Crippen molar-refractivity contribution < 1.29 is 0 Å². The van der Waals surface area contributed by atoms with E-state index in [9.17, 15) is 0 Å². The molecule has 2 N–H and O–H groups in total. The second-order valence-corrected chi connectivity index (χ2v) is 6.47. The van der Waals surface area contributed by atoms with Gasteiger partial charge in [-0.1, -0.05) is 12.5 Å². The van der Waals surface area contributed by atoms with Crippen molar-refractivity contribution in [1.82, 2.24) is 4.90 Å². The van der Waals surface area contributed by atoms with Crippen LogP contribution in [-0.2, 0) is 6.54 Å². The average Bonchev–Trinajstić information content (AvgIpc) is 2.85. The first kappa shape index (κ1) is 13.6. The molecule has 1 saturated heterocycles. The summed E-state index contributed by atoms with van der Waals surface area (Å²) in [6.45, 7) is 5.44. The zero-order valence-electron chi connectivity index (χ0n) is 12.2. The maximum Gasteiger partial charge on any atom is 0.0991 e. The van der Waals surface area contributed by atoms with Crippen molar-refractivity contribution in [1.29, 1.82) is 5.26 Å². The van der Waals surface area contributed by atoms with Gasteiger partial charge in [-0.05, 0) is 54.9 Å². The zero-order chi connectivity index (χ0) is 14.1. The van der Waals surface area contributed by atoms with Crippen LogP contribution in [0.4, 0.5) is 0 Å². The fourth-order valence-corrected chi connectivity index (χ4v) is 3.92. The van der Waals surface area contributed by atoms with Gasteiger partial charge in [-0.25, -0.2) is 0 Å². The highest BCUT2D eigenvalue weighted by Crippen LogP contribution is 2.36. The van der Waals surface area contributed by atoms with Crippen LogP contribution in [-0.4, -0.2) is 24.0 Å². The molecule has 3 unspecified atom stereocenters. The summed E-state index contributed by atoms with van der Waals surface area (Å²) in [6, 6.07) is 8.63. The Kier molecular flexibility index (Phi) is 3.78. The third kappa shape index (κ3) is 2.59. The maximum atomic E-state index is 8.93. The number of nitriles is 1. The van der Waals surface area contributed by atoms with Crippen molar-refractivity contribution in [2.75, 3.05) is 13.1 Å². The number of fused-ring (bicyclic) bond motifs is 1. The predicted molar refractivity (Wildman–Crippen MR) is 80.0 cm³/mol. The normalized spacial score (nSPS) is 29.9. The number of hydrogen-bond acceptors (Lipinski definition) is 3. The van der Waals surface area contributed by atoms with Gasteiger partial charge in [0.2, 0.25) is 0 Å². The van der Waals surface area contributed by atoms with E-state index < -0.39 is 0 Å². The molecule has 1 aromatic carbocycles. The Morgan fingerprint density at radius 3 is 2.90 bits per heavy atom. The van der Waals surface area contributed by atoms with Gasteiger partial charge in [0.05, 0.1) is 11.6 Å². The fraction of sp³-hybridized carbons (Fsp3) is 0.588. The number of rotatable bonds is 2. The minimum absolute atomic E-state index is 0.404. The molecule has 0 amide bonds. The first-order valence-electron chi connectivity index (χ1n) is 7.65. The van der Waals surface area contributed by atoms with Crippen molar-refractivity contribution in [2.45, 2.75) is 38.8 Å². The summed E-state index contributed by atoms with van der Waals surface area (Å²) < 4.78 is 0. The molecule has 0 spiro atoms. The average molecular weight is 269 g/mol. The zero-order valence-corrected chi connectivity index (χ0v) is 12.2. The monoisotopic (exact) mass is 269 g/mol. The van der Waals surface area contributed by atoms with E-state index in [0.717, 1.165) is 24.6 Å². The number of nitrogens with zero attached hydrogens (tertiary/aromatic N) is 2. The standard InChI is InChI=1S/C17H23N3/c1-12-7-13(8-18)5-6-14(12)9-20-10-15-3-2-4-17(19)16(15)11-20/h5-7,15-17H,2-4,9-11,19H2,1H3. The molecule has 3 nitrogen and oxygen atoms in total. The van der Waals surface area contributed by atoms with Crippen molar-refractivity contribution in [3.63, 3.8) is 0 Å². The summed E-state index contributed by atoms with van der Waals surface area (Å²) in [5, 5.41) is 8.93. The number of aryl methyl sites for hydroxylation is 1. The second kappa shape index (κ2) is 5.55. The predicted octanol–water partition coefficient (Wildman–Crippen LogP) is 2.43. The van der Waals surface area contributed by atoms with Crippen LogP contribution in [0.2, 0.25) is 0 Å². The first-order chi connectivity index (χ1) is 9.67. The molecule has 2 fully saturated rings. The summed E-state index contributed by atoms with van der Waals surface area (Å²) in [4.78, 5) is 2.55. The molecule has 20 heavy (non-hydrogen) atoms. The largest absolute Gasteiger partial charge is 0.327 e. The lowest BCUT2D eigenvalue weighted by Gasteiger charge is -2.29. The van der Waals surface area contributed by atoms with Gasteiger partial charge < -0.3 is 5.73 Å². The van der Waals surface area contributed by atoms with E-state index in [0.29, 0.717) is 12.0 Å². The molecular formula is C17H23N3. The van der Waals surface area contributed by atoms with Crippen LogP contribution in [0.1, 0.15) is 36.0 Å². The van der Waals surface area contributed by atoms with Crippen LogP contribution >= 0.6 is 0 Å². The van der Waals surface area contributed by atoms with E-state index >= 15 is 0 Å². The summed E-state index contributed by atoms with van der Waals surface area (Å²) in [6.07, 6.45) is 3.85. The van der Waals surface area contributed by atoms with Crippen LogP contribution in [0.15, 0.2) is 18.2 Å². The van der Waals surface area contributed by atoms with Gasteiger partial charge in [0, 0.05) is 25.7 Å². The lowest BCUT2D eigenvalue weighted by molar-refractivity contribution is 0.259. The highest BCUT2D eigenvalue weighted by molar-refractivity contribution is 5.37. The fourth-order valence-electron chi connectivity index (χ4n) is 3.92. The number of likely N-dealkylation sites (tertiary alicyclic amines) is 1. The SMILES string of the molecule is Cc1cc(C#N)ccc1CN1CC2CCCC(N)C2C1. The Morgan fingerprint density at radius 1 is 1.35 bits per heavy atom. The van der Waals surface area contributed by atoms with Gasteiger partial charge in [-0.3, -0.25) is 4.90 Å². The van der Waals surface area contributed by atoms with Crippen LogP contribution in [0.3, 0.4) is 0 Å². The van der Waals surface area contributed by atoms with Gasteiger partial charge in [0.1, 0.15) is 0 Å². The molecule has 0 bridgehead atoms. The molecular weight excluding hydrogens is 246 g/mol. The van der Waals surface area contributed by atoms with Crippen molar-refractivity contribution in [2.24, 2.45) is 17.6 Å². The molecule has 2 aliphatic rings. The molecule has 3 heteroatoms. The van der Waals surface area contributed by atoms with Crippen LogP contribution in [0, 0.1) is 30.1 Å². The van der Waals surface area contributed by atoms with E-state index in [1.807, 2.05) is 12.1 Å². The lowest BCUT2D eigenvalue weighted by atomic mass is 9.78. The summed E-state index contributed by atoms with van der Waals surface area (Å²) in [5.41, 5.74) is 9.60. The molecule has 0 aromatic heterocycles. The maximum absolute atomic E-state index is 8.93. The molecule has 3 rings (SSSR count). The molecule has 1 aromatic rings. The van der Waals surface area contributed by atoms with Gasteiger partial charge in [-0.15, -0.1) is 0 Å². The van der Waals surface area contributed by atoms with Crippen LogP contribution < -0.4 is 5.73 Å². The first-order valence-corrected chi connectivity index (χ1v) is 7.65. The second-order valence-electron chi connectivity index (χ2n) is 6.47. The summed E-state index contributed by atoms with van der Waals surface area (Å²) in [5.74, 6) is 1.50. The molecule has 106 valence electrons. The molecule has 0 radical (unpaired) electrons. The van der Waals surface area contributed by atoms with E-state index in [4.69, 9.17) is 11.0 Å². The quantitative estimate of drug-likeness (QED) is 0.897. The molecule has 1 aliphatic carbocycles. The summed E-state index contributed by atoms with van der Waals surface area (Å²) >= 11 is 0. The Labute approximate surface area is 121 Å². The topological polar surface area (TPSA) is 53.0 Å². The van der Waals surface area contributed by atoms with E-state index in [2.05, 4.69) is 24.0 Å². The minimum Gasteiger partial charge on any atom is -0.327 e. The Morgan fingerprint density at radius 2 is 2.20 bits per heavy atom. The Bertz CT molecular complexity index is 532. The number of nitrogens with two attached hydrogens (primary N) is 1. The van der Waals surface area contributed by atoms with Gasteiger partial charge in [0.25, 0.3) is 0 Å². The molecule has 3 atom stereocenters. The van der Waals surface area contributed by atoms with Crippen molar-refractivity contribution >= 4 is 0 Å².